The maximum atomic E-state index is 13.6. The van der Waals surface area contributed by atoms with E-state index in [2.05, 4.69) is 5.32 Å². The van der Waals surface area contributed by atoms with Crippen molar-refractivity contribution in [1.29, 1.82) is 0 Å². The molecule has 2 aliphatic heterocycles. The molecule has 1 N–H and O–H groups in total. The smallest absolute Gasteiger partial charge is 0.410 e. The minimum Gasteiger partial charge on any atom is -0.457 e. The van der Waals surface area contributed by atoms with E-state index in [9.17, 15) is 28.8 Å². The molecule has 2 unspecified atom stereocenters. The number of benzene rings is 2. The Bertz CT molecular complexity index is 1540. The van der Waals surface area contributed by atoms with Gasteiger partial charge in [-0.25, -0.2) is 9.59 Å². The van der Waals surface area contributed by atoms with Crippen LogP contribution in [0.3, 0.4) is 0 Å². The van der Waals surface area contributed by atoms with Crippen LogP contribution >= 0.6 is 0 Å². The van der Waals surface area contributed by atoms with Gasteiger partial charge in [0.2, 0.25) is 11.8 Å². The molecule has 0 aliphatic carbocycles. The van der Waals surface area contributed by atoms with Gasteiger partial charge in [-0.15, -0.1) is 0 Å². The zero-order valence-electron chi connectivity index (χ0n) is 29.0. The summed E-state index contributed by atoms with van der Waals surface area (Å²) < 4.78 is 16.9. The first-order valence-corrected chi connectivity index (χ1v) is 16.5. The van der Waals surface area contributed by atoms with Crippen molar-refractivity contribution in [3.05, 3.63) is 54.1 Å². The van der Waals surface area contributed by atoms with Gasteiger partial charge in [-0.05, 0) is 104 Å². The lowest BCUT2D eigenvalue weighted by atomic mass is 10.1. The van der Waals surface area contributed by atoms with Gasteiger partial charge in [-0.3, -0.25) is 24.2 Å². The molecule has 0 radical (unpaired) electrons. The number of nitrogens with zero attached hydrogens (tertiary/aromatic N) is 3. The molecule has 4 rings (SSSR count). The van der Waals surface area contributed by atoms with Crippen molar-refractivity contribution in [2.24, 2.45) is 0 Å². The number of amides is 4. The van der Waals surface area contributed by atoms with Crippen LogP contribution < -0.4 is 15.0 Å². The predicted molar refractivity (Wildman–Crippen MR) is 181 cm³/mol. The lowest BCUT2D eigenvalue weighted by Gasteiger charge is -2.31. The van der Waals surface area contributed by atoms with Gasteiger partial charge in [0.25, 0.3) is 0 Å². The van der Waals surface area contributed by atoms with Crippen molar-refractivity contribution in [3.63, 3.8) is 0 Å². The maximum Gasteiger partial charge on any atom is 0.410 e. The van der Waals surface area contributed by atoms with Crippen molar-refractivity contribution >= 4 is 41.8 Å². The summed E-state index contributed by atoms with van der Waals surface area (Å²) in [5, 5.41) is 2.65. The standard InChI is InChI=1S/C36H46N4O9/c1-35(2,3)48-33(45)39-18-8-12-28(39)31(43)37-23-30(42)24-14-16-26(17-15-24)47-27-11-7-10-25(22-27)38(20-21-41)32(44)29-13-9-19-40(29)34(46)49-36(4,5)6/h7,10-11,14-17,21-22,28-29H,8-9,12-13,18-20,23H2,1-6H3,(H,37,43). The molecule has 4 amide bonds. The highest BCUT2D eigenvalue weighted by atomic mass is 16.6. The van der Waals surface area contributed by atoms with Crippen LogP contribution in [0.25, 0.3) is 0 Å². The Kier molecular flexibility index (Phi) is 11.7. The molecule has 0 bridgehead atoms. The second-order valence-corrected chi connectivity index (χ2v) is 14.0. The van der Waals surface area contributed by atoms with Gasteiger partial charge in [0.15, 0.2) is 5.78 Å². The monoisotopic (exact) mass is 678 g/mol. The summed E-state index contributed by atoms with van der Waals surface area (Å²) >= 11 is 0. The fourth-order valence-electron chi connectivity index (χ4n) is 5.67. The average Bonchev–Trinajstić information content (AvgIpc) is 3.72. The third-order valence-corrected chi connectivity index (χ3v) is 7.84. The lowest BCUT2D eigenvalue weighted by Crippen LogP contribution is -2.49. The number of hydrogen-bond donors (Lipinski definition) is 1. The quantitative estimate of drug-likeness (QED) is 0.267. The predicted octanol–water partition coefficient (Wildman–Crippen LogP) is 5.11. The van der Waals surface area contributed by atoms with E-state index < -0.39 is 47.3 Å². The van der Waals surface area contributed by atoms with E-state index in [0.717, 1.165) is 0 Å². The Morgan fingerprint density at radius 3 is 1.96 bits per heavy atom. The fourth-order valence-corrected chi connectivity index (χ4v) is 5.67. The fraction of sp³-hybridized carbons (Fsp3) is 0.500. The zero-order valence-corrected chi connectivity index (χ0v) is 29.0. The molecular weight excluding hydrogens is 632 g/mol. The largest absolute Gasteiger partial charge is 0.457 e. The molecule has 2 atom stereocenters. The highest BCUT2D eigenvalue weighted by molar-refractivity contribution is 6.01. The molecule has 2 aromatic carbocycles. The summed E-state index contributed by atoms with van der Waals surface area (Å²) in [6, 6.07) is 11.6. The molecule has 2 fully saturated rings. The number of likely N-dealkylation sites (tertiary alicyclic amines) is 2. The van der Waals surface area contributed by atoms with Gasteiger partial charge in [-0.1, -0.05) is 6.07 Å². The third-order valence-electron chi connectivity index (χ3n) is 7.84. The Morgan fingerprint density at radius 2 is 1.39 bits per heavy atom. The van der Waals surface area contributed by atoms with Crippen molar-refractivity contribution in [3.8, 4) is 11.5 Å². The van der Waals surface area contributed by atoms with Crippen molar-refractivity contribution in [2.45, 2.75) is 90.5 Å². The number of rotatable bonds is 10. The molecular formula is C36H46N4O9. The number of nitrogens with one attached hydrogen (secondary N) is 1. The summed E-state index contributed by atoms with van der Waals surface area (Å²) in [5.74, 6) is -0.331. The second kappa shape index (κ2) is 15.5. The molecule has 2 aliphatic rings. The Morgan fingerprint density at radius 1 is 0.816 bits per heavy atom. The number of ether oxygens (including phenoxy) is 3. The topological polar surface area (TPSA) is 152 Å². The SMILES string of the molecule is CC(C)(C)OC(=O)N1CCCC1C(=O)NCC(=O)c1ccc(Oc2cccc(N(CC=O)C(=O)C3CCCN3C(=O)OC(C)(C)C)c2)cc1. The number of Topliss-reactive ketones (excluding diaryl/α,β-unsaturated/α-hetero) is 1. The van der Waals surface area contributed by atoms with E-state index in [1.165, 1.54) is 14.7 Å². The number of carbonyl (C=O) groups is 6. The Labute approximate surface area is 286 Å². The highest BCUT2D eigenvalue weighted by Crippen LogP contribution is 2.29. The van der Waals surface area contributed by atoms with E-state index in [-0.39, 0.29) is 18.9 Å². The number of anilines is 1. The molecule has 0 aromatic heterocycles. The maximum absolute atomic E-state index is 13.6. The number of aldehydes is 1. The number of carbonyl (C=O) groups excluding carboxylic acids is 6. The van der Waals surface area contributed by atoms with E-state index in [4.69, 9.17) is 14.2 Å². The van der Waals surface area contributed by atoms with Crippen molar-refractivity contribution in [1.82, 2.24) is 15.1 Å². The normalized spacial score (nSPS) is 17.7. The molecule has 264 valence electrons. The Hall–Kier alpha value is -4.94. The number of hydrogen-bond acceptors (Lipinski definition) is 9. The van der Waals surface area contributed by atoms with Gasteiger partial charge >= 0.3 is 12.2 Å². The van der Waals surface area contributed by atoms with Crippen LogP contribution in [0.1, 0.15) is 77.6 Å². The third kappa shape index (κ3) is 10.0. The average molecular weight is 679 g/mol. The molecule has 2 aromatic rings. The van der Waals surface area contributed by atoms with Crippen LogP contribution in [0.2, 0.25) is 0 Å². The van der Waals surface area contributed by atoms with Crippen LogP contribution in [-0.4, -0.2) is 95.3 Å². The van der Waals surface area contributed by atoms with Crippen molar-refractivity contribution < 1.29 is 43.0 Å². The lowest BCUT2D eigenvalue weighted by molar-refractivity contribution is -0.125. The number of ketones is 1. The molecule has 2 saturated heterocycles. The van der Waals surface area contributed by atoms with E-state index in [1.807, 2.05) is 0 Å². The minimum atomic E-state index is -0.767. The van der Waals surface area contributed by atoms with E-state index in [0.29, 0.717) is 67.8 Å². The van der Waals surface area contributed by atoms with Crippen LogP contribution in [-0.2, 0) is 23.9 Å². The van der Waals surface area contributed by atoms with Gasteiger partial charge in [0.1, 0.15) is 41.1 Å². The zero-order chi connectivity index (χ0) is 35.9. The summed E-state index contributed by atoms with van der Waals surface area (Å²) in [5.41, 5.74) is -0.635. The molecule has 0 spiro atoms. The Balaban J connectivity index is 1.36. The molecule has 2 heterocycles. The molecule has 49 heavy (non-hydrogen) atoms. The molecule has 13 nitrogen and oxygen atoms in total. The van der Waals surface area contributed by atoms with Crippen LogP contribution in [0.5, 0.6) is 11.5 Å². The van der Waals surface area contributed by atoms with Gasteiger partial charge in [0, 0.05) is 30.4 Å². The van der Waals surface area contributed by atoms with Gasteiger partial charge in [-0.2, -0.15) is 0 Å². The second-order valence-electron chi connectivity index (χ2n) is 14.0. The van der Waals surface area contributed by atoms with Crippen LogP contribution in [0.15, 0.2) is 48.5 Å². The van der Waals surface area contributed by atoms with Crippen LogP contribution in [0.4, 0.5) is 15.3 Å². The van der Waals surface area contributed by atoms with Gasteiger partial charge < -0.3 is 29.2 Å². The summed E-state index contributed by atoms with van der Waals surface area (Å²) in [6.45, 7) is 10.9. The first-order valence-electron chi connectivity index (χ1n) is 16.5. The molecule has 0 saturated carbocycles. The first kappa shape index (κ1) is 36.9. The van der Waals surface area contributed by atoms with E-state index in [1.54, 1.807) is 90.1 Å². The minimum absolute atomic E-state index is 0.214. The summed E-state index contributed by atoms with van der Waals surface area (Å²) in [6.07, 6.45) is 1.72. The van der Waals surface area contributed by atoms with Crippen LogP contribution in [0, 0.1) is 0 Å². The molecule has 13 heteroatoms. The summed E-state index contributed by atoms with van der Waals surface area (Å²) in [4.78, 5) is 80.4. The van der Waals surface area contributed by atoms with E-state index >= 15 is 0 Å². The summed E-state index contributed by atoms with van der Waals surface area (Å²) in [7, 11) is 0. The first-order chi connectivity index (χ1) is 23.1. The highest BCUT2D eigenvalue weighted by Gasteiger charge is 2.39. The van der Waals surface area contributed by atoms with Crippen molar-refractivity contribution in [2.75, 3.05) is 31.1 Å². The van der Waals surface area contributed by atoms with Gasteiger partial charge in [0.05, 0.1) is 13.1 Å².